The zero-order valence-corrected chi connectivity index (χ0v) is 12.7. The van der Waals surface area contributed by atoms with Crippen LogP contribution < -0.4 is 10.6 Å². The number of hydrogen-bond acceptors (Lipinski definition) is 3. The molecule has 0 radical (unpaired) electrons. The fraction of sp³-hybridized carbons (Fsp3) is 0. The molecule has 2 N–H and O–H groups in total. The molecule has 0 saturated heterocycles. The summed E-state index contributed by atoms with van der Waals surface area (Å²) in [6.07, 6.45) is 3.27. The van der Waals surface area contributed by atoms with E-state index < -0.39 is 0 Å². The van der Waals surface area contributed by atoms with Crippen LogP contribution in [-0.4, -0.2) is 16.0 Å². The first-order valence-electron chi connectivity index (χ1n) is 7.55. The molecule has 0 bridgehead atoms. The van der Waals surface area contributed by atoms with Crippen molar-refractivity contribution in [1.29, 1.82) is 0 Å². The van der Waals surface area contributed by atoms with E-state index in [0.29, 0.717) is 5.69 Å². The van der Waals surface area contributed by atoms with Crippen molar-refractivity contribution < 1.29 is 4.79 Å². The van der Waals surface area contributed by atoms with E-state index in [9.17, 15) is 4.79 Å². The van der Waals surface area contributed by atoms with Gasteiger partial charge in [0, 0.05) is 23.8 Å². The summed E-state index contributed by atoms with van der Waals surface area (Å²) in [5.74, 6) is 0. The molecule has 4 aromatic rings. The molecule has 4 rings (SSSR count). The van der Waals surface area contributed by atoms with Crippen molar-refractivity contribution >= 4 is 39.2 Å². The summed E-state index contributed by atoms with van der Waals surface area (Å²) in [4.78, 5) is 20.6. The van der Waals surface area contributed by atoms with Gasteiger partial charge in [-0.1, -0.05) is 30.3 Å². The van der Waals surface area contributed by atoms with Crippen molar-refractivity contribution in [3.8, 4) is 0 Å². The van der Waals surface area contributed by atoms with E-state index in [0.717, 1.165) is 27.5 Å². The summed E-state index contributed by atoms with van der Waals surface area (Å²) < 4.78 is 0. The molecule has 5 nitrogen and oxygen atoms in total. The molecule has 1 heterocycles. The maximum Gasteiger partial charge on any atom is 0.323 e. The number of carbonyl (C=O) groups excluding carboxylic acids is 1. The predicted molar refractivity (Wildman–Crippen MR) is 96.1 cm³/mol. The van der Waals surface area contributed by atoms with Crippen molar-refractivity contribution in [2.24, 2.45) is 0 Å². The first-order valence-corrected chi connectivity index (χ1v) is 7.55. The largest absolute Gasteiger partial charge is 0.323 e. The minimum absolute atomic E-state index is 0.298. The molecule has 0 spiro atoms. The van der Waals surface area contributed by atoms with Gasteiger partial charge in [-0.2, -0.15) is 0 Å². The average Bonchev–Trinajstić information content (AvgIpc) is 2.61. The van der Waals surface area contributed by atoms with E-state index in [2.05, 4.69) is 20.6 Å². The highest BCUT2D eigenvalue weighted by Crippen LogP contribution is 2.19. The summed E-state index contributed by atoms with van der Waals surface area (Å²) in [5, 5.41) is 7.87. The minimum atomic E-state index is -0.298. The van der Waals surface area contributed by atoms with Crippen molar-refractivity contribution in [2.45, 2.75) is 0 Å². The van der Waals surface area contributed by atoms with E-state index in [4.69, 9.17) is 0 Å². The number of anilines is 2. The first-order chi connectivity index (χ1) is 11.8. The molecule has 1 aromatic heterocycles. The molecule has 0 atom stereocenters. The molecule has 24 heavy (non-hydrogen) atoms. The summed E-state index contributed by atoms with van der Waals surface area (Å²) >= 11 is 0. The second kappa shape index (κ2) is 5.96. The zero-order valence-electron chi connectivity index (χ0n) is 12.7. The van der Waals surface area contributed by atoms with E-state index in [-0.39, 0.29) is 6.03 Å². The monoisotopic (exact) mass is 314 g/mol. The molecule has 0 fully saturated rings. The topological polar surface area (TPSA) is 66.9 Å². The Morgan fingerprint density at radius 3 is 2.21 bits per heavy atom. The van der Waals surface area contributed by atoms with Crippen LogP contribution in [-0.2, 0) is 0 Å². The van der Waals surface area contributed by atoms with Crippen LogP contribution in [0.1, 0.15) is 0 Å². The highest BCUT2D eigenvalue weighted by atomic mass is 16.2. The van der Waals surface area contributed by atoms with E-state index >= 15 is 0 Å². The lowest BCUT2D eigenvalue weighted by atomic mass is 10.1. The van der Waals surface area contributed by atoms with Gasteiger partial charge in [0.05, 0.1) is 11.0 Å². The maximum absolute atomic E-state index is 12.2. The number of fused-ring (bicyclic) bond motifs is 2. The van der Waals surface area contributed by atoms with Gasteiger partial charge in [0.15, 0.2) is 0 Å². The molecule has 0 aliphatic rings. The van der Waals surface area contributed by atoms with E-state index in [1.54, 1.807) is 24.5 Å². The molecule has 3 aromatic carbocycles. The number of aromatic nitrogens is 2. The van der Waals surface area contributed by atoms with Gasteiger partial charge in [0.25, 0.3) is 0 Å². The molecule has 0 saturated carbocycles. The van der Waals surface area contributed by atoms with Gasteiger partial charge in [0.2, 0.25) is 0 Å². The number of urea groups is 1. The Balaban J connectivity index is 1.52. The van der Waals surface area contributed by atoms with Crippen molar-refractivity contribution in [1.82, 2.24) is 9.97 Å². The number of hydrogen-bond donors (Lipinski definition) is 2. The van der Waals surface area contributed by atoms with Crippen LogP contribution in [0, 0.1) is 0 Å². The first kappa shape index (κ1) is 14.1. The molecule has 0 aliphatic heterocycles. The molecule has 116 valence electrons. The van der Waals surface area contributed by atoms with Gasteiger partial charge in [0.1, 0.15) is 0 Å². The van der Waals surface area contributed by atoms with Crippen molar-refractivity contribution in [2.75, 3.05) is 10.6 Å². The highest BCUT2D eigenvalue weighted by molar-refractivity contribution is 6.02. The molecular weight excluding hydrogens is 300 g/mol. The van der Waals surface area contributed by atoms with Gasteiger partial charge in [-0.05, 0) is 41.1 Å². The average molecular weight is 314 g/mol. The summed E-state index contributed by atoms with van der Waals surface area (Å²) in [5.41, 5.74) is 2.94. The normalized spacial score (nSPS) is 10.7. The SMILES string of the molecule is O=C(Nc1ccc2ccccc2c1)Nc1ccc2nccnc2c1. The van der Waals surface area contributed by atoms with Gasteiger partial charge < -0.3 is 10.6 Å². The van der Waals surface area contributed by atoms with Crippen LogP contribution in [0.15, 0.2) is 73.1 Å². The predicted octanol–water partition coefficient (Wildman–Crippen LogP) is 4.43. The summed E-state index contributed by atoms with van der Waals surface area (Å²) in [7, 11) is 0. The molecule has 0 aliphatic carbocycles. The lowest BCUT2D eigenvalue weighted by molar-refractivity contribution is 0.262. The van der Waals surface area contributed by atoms with Gasteiger partial charge in [-0.25, -0.2) is 4.79 Å². The Hall–Kier alpha value is -3.47. The number of nitrogens with zero attached hydrogens (tertiary/aromatic N) is 2. The molecule has 0 unspecified atom stereocenters. The standard InChI is InChI=1S/C19H14N4O/c24-19(22-15-6-5-13-3-1-2-4-14(13)11-15)23-16-7-8-17-18(12-16)21-10-9-20-17/h1-12H,(H2,22,23,24). The Kier molecular flexibility index (Phi) is 3.51. The lowest BCUT2D eigenvalue weighted by Gasteiger charge is -2.09. The second-order valence-corrected chi connectivity index (χ2v) is 5.40. The second-order valence-electron chi connectivity index (χ2n) is 5.40. The van der Waals surface area contributed by atoms with Crippen LogP contribution in [0.5, 0.6) is 0 Å². The molecular formula is C19H14N4O. The number of carbonyl (C=O) groups is 1. The summed E-state index contributed by atoms with van der Waals surface area (Å²) in [6, 6.07) is 19.0. The quantitative estimate of drug-likeness (QED) is 0.575. The Bertz CT molecular complexity index is 962. The van der Waals surface area contributed by atoms with Crippen LogP contribution in [0.3, 0.4) is 0 Å². The van der Waals surface area contributed by atoms with Crippen molar-refractivity contribution in [3.05, 3.63) is 73.1 Å². The third-order valence-electron chi connectivity index (χ3n) is 3.73. The third kappa shape index (κ3) is 2.87. The van der Waals surface area contributed by atoms with Crippen molar-refractivity contribution in [3.63, 3.8) is 0 Å². The smallest absolute Gasteiger partial charge is 0.308 e. The van der Waals surface area contributed by atoms with Crippen LogP contribution in [0.4, 0.5) is 16.2 Å². The van der Waals surface area contributed by atoms with Crippen LogP contribution >= 0.6 is 0 Å². The fourth-order valence-electron chi connectivity index (χ4n) is 2.60. The lowest BCUT2D eigenvalue weighted by Crippen LogP contribution is -2.19. The Morgan fingerprint density at radius 1 is 0.708 bits per heavy atom. The third-order valence-corrected chi connectivity index (χ3v) is 3.73. The highest BCUT2D eigenvalue weighted by Gasteiger charge is 2.05. The van der Waals surface area contributed by atoms with Crippen LogP contribution in [0.2, 0.25) is 0 Å². The Labute approximate surface area is 138 Å². The van der Waals surface area contributed by atoms with Crippen LogP contribution in [0.25, 0.3) is 21.8 Å². The van der Waals surface area contributed by atoms with Gasteiger partial charge in [-0.3, -0.25) is 9.97 Å². The fourth-order valence-corrected chi connectivity index (χ4v) is 2.60. The van der Waals surface area contributed by atoms with Gasteiger partial charge in [-0.15, -0.1) is 0 Å². The number of rotatable bonds is 2. The maximum atomic E-state index is 12.2. The minimum Gasteiger partial charge on any atom is -0.308 e. The van der Waals surface area contributed by atoms with E-state index in [1.165, 1.54) is 0 Å². The van der Waals surface area contributed by atoms with E-state index in [1.807, 2.05) is 48.5 Å². The summed E-state index contributed by atoms with van der Waals surface area (Å²) in [6.45, 7) is 0. The molecule has 5 heteroatoms. The number of benzene rings is 3. The zero-order chi connectivity index (χ0) is 16.4. The number of nitrogens with one attached hydrogen (secondary N) is 2. The number of amides is 2. The molecule has 2 amide bonds. The Morgan fingerprint density at radius 2 is 1.38 bits per heavy atom. The van der Waals surface area contributed by atoms with Gasteiger partial charge >= 0.3 is 6.03 Å².